The number of anilines is 1. The van der Waals surface area contributed by atoms with Gasteiger partial charge in [0.25, 0.3) is 0 Å². The van der Waals surface area contributed by atoms with Gasteiger partial charge in [-0.1, -0.05) is 44.9 Å². The minimum Gasteiger partial charge on any atom is -0.481 e. The van der Waals surface area contributed by atoms with Crippen molar-refractivity contribution < 1.29 is 14.7 Å². The molecule has 2 rings (SSSR count). The third-order valence-corrected chi connectivity index (χ3v) is 4.78. The fourth-order valence-corrected chi connectivity index (χ4v) is 3.23. The van der Waals surface area contributed by atoms with Crippen molar-refractivity contribution >= 4 is 17.6 Å². The second-order valence-electron chi connectivity index (χ2n) is 6.22. The van der Waals surface area contributed by atoms with Crippen molar-refractivity contribution in [2.45, 2.75) is 51.9 Å². The summed E-state index contributed by atoms with van der Waals surface area (Å²) in [5, 5.41) is 12.3. The van der Waals surface area contributed by atoms with Crippen molar-refractivity contribution in [3.05, 3.63) is 29.8 Å². The Balaban J connectivity index is 2.16. The van der Waals surface area contributed by atoms with E-state index in [0.717, 1.165) is 30.5 Å². The van der Waals surface area contributed by atoms with Gasteiger partial charge in [0.2, 0.25) is 5.91 Å². The number of hydrogen-bond donors (Lipinski definition) is 2. The number of aliphatic carboxylic acids is 1. The lowest BCUT2D eigenvalue weighted by Gasteiger charge is -2.28. The van der Waals surface area contributed by atoms with Crippen molar-refractivity contribution in [2.75, 3.05) is 5.32 Å². The average Bonchev–Trinajstić information content (AvgIpc) is 2.54. The molecule has 1 aliphatic carbocycles. The highest BCUT2D eigenvalue weighted by Crippen LogP contribution is 2.32. The highest BCUT2D eigenvalue weighted by Gasteiger charge is 2.35. The molecule has 120 valence electrons. The van der Waals surface area contributed by atoms with E-state index in [2.05, 4.69) is 19.2 Å². The van der Waals surface area contributed by atoms with Crippen LogP contribution in [0.25, 0.3) is 0 Å². The summed E-state index contributed by atoms with van der Waals surface area (Å²) in [6, 6.07) is 7.80. The molecule has 1 saturated carbocycles. The third-order valence-electron chi connectivity index (χ3n) is 4.78. The van der Waals surface area contributed by atoms with Crippen LogP contribution in [0.2, 0.25) is 0 Å². The predicted octanol–water partition coefficient (Wildman–Crippen LogP) is 4.03. The molecule has 4 nitrogen and oxygen atoms in total. The number of rotatable bonds is 5. The van der Waals surface area contributed by atoms with E-state index in [1.54, 1.807) is 0 Å². The largest absolute Gasteiger partial charge is 0.481 e. The lowest BCUT2D eigenvalue weighted by Crippen LogP contribution is -2.36. The fraction of sp³-hybridized carbons (Fsp3) is 0.556. The molecule has 0 aromatic heterocycles. The number of amides is 1. The van der Waals surface area contributed by atoms with Crippen LogP contribution in [-0.4, -0.2) is 17.0 Å². The summed E-state index contributed by atoms with van der Waals surface area (Å²) in [5.41, 5.74) is 1.93. The Labute approximate surface area is 131 Å². The van der Waals surface area contributed by atoms with Gasteiger partial charge in [0.1, 0.15) is 0 Å². The molecular weight excluding hydrogens is 278 g/mol. The minimum absolute atomic E-state index is 0.150. The molecule has 1 aliphatic rings. The summed E-state index contributed by atoms with van der Waals surface area (Å²) in [6.45, 7) is 4.25. The van der Waals surface area contributed by atoms with Crippen LogP contribution in [0.3, 0.4) is 0 Å². The Bertz CT molecular complexity index is 541. The van der Waals surface area contributed by atoms with E-state index in [1.165, 1.54) is 0 Å². The van der Waals surface area contributed by atoms with E-state index in [0.29, 0.717) is 18.8 Å². The van der Waals surface area contributed by atoms with E-state index in [1.807, 2.05) is 24.3 Å². The molecule has 1 aromatic rings. The first-order valence-corrected chi connectivity index (χ1v) is 8.17. The molecule has 0 saturated heterocycles. The van der Waals surface area contributed by atoms with E-state index in [9.17, 15) is 14.7 Å². The summed E-state index contributed by atoms with van der Waals surface area (Å²) < 4.78 is 0. The summed E-state index contributed by atoms with van der Waals surface area (Å²) >= 11 is 0. The van der Waals surface area contributed by atoms with Crippen LogP contribution in [0.1, 0.15) is 57.4 Å². The lowest BCUT2D eigenvalue weighted by atomic mass is 9.78. The van der Waals surface area contributed by atoms with E-state index in [-0.39, 0.29) is 5.91 Å². The first-order chi connectivity index (χ1) is 10.5. The molecular formula is C18H25NO3. The Kier molecular flexibility index (Phi) is 5.58. The number of nitrogens with one attached hydrogen (secondary N) is 1. The summed E-state index contributed by atoms with van der Waals surface area (Å²) in [4.78, 5) is 23.9. The van der Waals surface area contributed by atoms with Gasteiger partial charge in [0.05, 0.1) is 11.8 Å². The van der Waals surface area contributed by atoms with Gasteiger partial charge >= 0.3 is 5.97 Å². The van der Waals surface area contributed by atoms with Crippen LogP contribution in [0.5, 0.6) is 0 Å². The number of carbonyl (C=O) groups is 2. The zero-order valence-corrected chi connectivity index (χ0v) is 13.3. The second-order valence-corrected chi connectivity index (χ2v) is 6.22. The van der Waals surface area contributed by atoms with Crippen molar-refractivity contribution in [2.24, 2.45) is 11.8 Å². The van der Waals surface area contributed by atoms with E-state index >= 15 is 0 Å². The monoisotopic (exact) mass is 303 g/mol. The van der Waals surface area contributed by atoms with Gasteiger partial charge < -0.3 is 10.4 Å². The number of hydrogen-bond acceptors (Lipinski definition) is 2. The van der Waals surface area contributed by atoms with E-state index in [4.69, 9.17) is 0 Å². The van der Waals surface area contributed by atoms with Crippen LogP contribution in [0.15, 0.2) is 24.3 Å². The molecule has 1 aromatic carbocycles. The molecule has 2 N–H and O–H groups in total. The number of carboxylic acids is 1. The van der Waals surface area contributed by atoms with Crippen molar-refractivity contribution in [3.8, 4) is 0 Å². The fourth-order valence-electron chi connectivity index (χ4n) is 3.23. The van der Waals surface area contributed by atoms with Gasteiger partial charge in [-0.2, -0.15) is 0 Å². The van der Waals surface area contributed by atoms with Gasteiger partial charge in [-0.05, 0) is 36.8 Å². The molecule has 0 bridgehead atoms. The van der Waals surface area contributed by atoms with E-state index < -0.39 is 17.8 Å². The number of carbonyl (C=O) groups excluding carboxylic acids is 1. The maximum atomic E-state index is 12.6. The van der Waals surface area contributed by atoms with Gasteiger partial charge in [0.15, 0.2) is 0 Å². The minimum atomic E-state index is -0.852. The highest BCUT2D eigenvalue weighted by molar-refractivity contribution is 5.95. The molecule has 0 heterocycles. The molecule has 0 radical (unpaired) electrons. The van der Waals surface area contributed by atoms with Crippen LogP contribution in [0.4, 0.5) is 5.69 Å². The molecule has 0 spiro atoms. The van der Waals surface area contributed by atoms with Crippen molar-refractivity contribution in [1.82, 2.24) is 0 Å². The molecule has 0 aliphatic heterocycles. The van der Waals surface area contributed by atoms with Crippen molar-refractivity contribution in [3.63, 3.8) is 0 Å². The first-order valence-electron chi connectivity index (χ1n) is 8.17. The van der Waals surface area contributed by atoms with Crippen LogP contribution < -0.4 is 5.32 Å². The number of carboxylic acid groups (broad SMARTS) is 1. The number of benzene rings is 1. The molecule has 1 fully saturated rings. The standard InChI is InChI=1S/C18H25NO3/c1-3-12(2)13-8-6-7-11-16(13)19-17(20)14-9-4-5-10-15(14)18(21)22/h6-8,11-12,14-15H,3-5,9-10H2,1-2H3,(H,19,20)(H,21,22). The Hall–Kier alpha value is -1.84. The Morgan fingerprint density at radius 2 is 1.86 bits per heavy atom. The topological polar surface area (TPSA) is 66.4 Å². The van der Waals surface area contributed by atoms with Gasteiger partial charge in [-0.3, -0.25) is 9.59 Å². The highest BCUT2D eigenvalue weighted by atomic mass is 16.4. The smallest absolute Gasteiger partial charge is 0.307 e. The predicted molar refractivity (Wildman–Crippen MR) is 86.9 cm³/mol. The normalized spacial score (nSPS) is 22.8. The summed E-state index contributed by atoms with van der Waals surface area (Å²) in [7, 11) is 0. The summed E-state index contributed by atoms with van der Waals surface area (Å²) in [5.74, 6) is -1.61. The number of para-hydroxylation sites is 1. The quantitative estimate of drug-likeness (QED) is 0.863. The third kappa shape index (κ3) is 3.67. The van der Waals surface area contributed by atoms with Crippen LogP contribution in [-0.2, 0) is 9.59 Å². The zero-order chi connectivity index (χ0) is 16.1. The average molecular weight is 303 g/mol. The molecule has 4 heteroatoms. The van der Waals surface area contributed by atoms with Gasteiger partial charge in [0, 0.05) is 5.69 Å². The molecule has 22 heavy (non-hydrogen) atoms. The van der Waals surface area contributed by atoms with Crippen molar-refractivity contribution in [1.29, 1.82) is 0 Å². The Morgan fingerprint density at radius 3 is 2.50 bits per heavy atom. The molecule has 3 atom stereocenters. The molecule has 1 amide bonds. The molecule has 3 unspecified atom stereocenters. The maximum Gasteiger partial charge on any atom is 0.307 e. The van der Waals surface area contributed by atoms with Crippen LogP contribution >= 0.6 is 0 Å². The van der Waals surface area contributed by atoms with Crippen LogP contribution in [0, 0.1) is 11.8 Å². The van der Waals surface area contributed by atoms with Gasteiger partial charge in [-0.15, -0.1) is 0 Å². The maximum absolute atomic E-state index is 12.6. The summed E-state index contributed by atoms with van der Waals surface area (Å²) in [6.07, 6.45) is 4.07. The zero-order valence-electron chi connectivity index (χ0n) is 13.3. The second kappa shape index (κ2) is 7.43. The first kappa shape index (κ1) is 16.5. The Morgan fingerprint density at radius 1 is 1.23 bits per heavy atom. The van der Waals surface area contributed by atoms with Gasteiger partial charge in [-0.25, -0.2) is 0 Å². The lowest BCUT2D eigenvalue weighted by molar-refractivity contribution is -0.147. The SMILES string of the molecule is CCC(C)c1ccccc1NC(=O)C1CCCCC1C(=O)O.